The van der Waals surface area contributed by atoms with Gasteiger partial charge in [-0.15, -0.1) is 0 Å². The maximum Gasteiger partial charge on any atom is 0.303 e. The average Bonchev–Trinajstić information content (AvgIpc) is 1.73. The summed E-state index contributed by atoms with van der Waals surface area (Å²) in [6.07, 6.45) is 8.70. The van der Waals surface area contributed by atoms with Crippen LogP contribution in [0, 0.1) is 11.3 Å². The van der Waals surface area contributed by atoms with Crippen LogP contribution >= 0.6 is 11.8 Å². The minimum Gasteiger partial charge on any atom is -0.508 e. The van der Waals surface area contributed by atoms with E-state index in [1.165, 1.54) is 53.5 Å². The number of thioether (sulfide) groups is 1. The number of carboxylic acids is 1. The first-order chi connectivity index (χ1) is 72.0. The van der Waals surface area contributed by atoms with Gasteiger partial charge in [-0.1, -0.05) is 74.5 Å². The normalized spacial score (nSPS) is 14.8. The van der Waals surface area contributed by atoms with Gasteiger partial charge in [-0.2, -0.15) is 11.8 Å². The van der Waals surface area contributed by atoms with Crippen molar-refractivity contribution in [1.82, 2.24) is 110 Å². The van der Waals surface area contributed by atoms with E-state index in [0.717, 1.165) is 0 Å². The number of unbranched alkanes of at least 4 members (excludes halogenated alkanes) is 5. The SMILES string of the molecule is CSCC[C@H](NC(=O)[C@H](CO)NC(=O)[C@H](Cc1ccc(O)cc1)NC(=O)CCN)C(=O)N[C@@H](CCC(=O)O)C(=O)N[C@@H](Cc1c[nH]cn1)C(=O)N[C@@H](Cc1ccccc1)C(=O)N[C@@H](CCCNC(=N)N)C(=O)N[C@@H](Cc1c[nH]c2ccccc12)C(=O)NCC(=O)N[C@@H](CCCCN)C(=O)N1CCC[C@H]1C(=O)N[C@H](C(=O)NCC(=O)N[C@@H](CCCCN)C(=O)N[C@@H](CCCCN)C(=O)N[C@@H](CCCCN)C(=O)NCCCCN)C(C)C. The maximum atomic E-state index is 15.3. The number of para-hydroxylation sites is 1. The van der Waals surface area contributed by atoms with Crippen molar-refractivity contribution >= 4 is 135 Å². The fourth-order valence-electron chi connectivity index (χ4n) is 16.6. The smallest absolute Gasteiger partial charge is 0.303 e. The number of aromatic hydroxyl groups is 1. The van der Waals surface area contributed by atoms with Gasteiger partial charge in [0.25, 0.3) is 0 Å². The number of carbonyl (C=O) groups excluding carboxylic acids is 17. The molecule has 50 nitrogen and oxygen atoms in total. The molecule has 51 heteroatoms. The number of fused-ring (bicyclic) bond motifs is 1. The summed E-state index contributed by atoms with van der Waals surface area (Å²) < 4.78 is 0. The molecule has 150 heavy (non-hydrogen) atoms. The van der Waals surface area contributed by atoms with Gasteiger partial charge in [-0.05, 0) is 214 Å². The Morgan fingerprint density at radius 2 is 0.860 bits per heavy atom. The minimum atomic E-state index is -1.79. The first kappa shape index (κ1) is 125. The summed E-state index contributed by atoms with van der Waals surface area (Å²) in [5.41, 5.74) is 42.5. The molecule has 3 heterocycles. The molecule has 0 saturated carbocycles. The van der Waals surface area contributed by atoms with Crippen LogP contribution in [-0.2, 0) is 112 Å². The van der Waals surface area contributed by atoms with E-state index in [4.69, 9.17) is 45.5 Å². The molecule has 5 aromatic rings. The van der Waals surface area contributed by atoms with Gasteiger partial charge in [0.2, 0.25) is 100 Å². The van der Waals surface area contributed by atoms with Gasteiger partial charge >= 0.3 is 5.97 Å². The second-order valence-corrected chi connectivity index (χ2v) is 38.0. The number of carbonyl (C=O) groups is 18. The highest BCUT2D eigenvalue weighted by Gasteiger charge is 2.42. The highest BCUT2D eigenvalue weighted by atomic mass is 32.2. The van der Waals surface area contributed by atoms with Crippen LogP contribution in [0.15, 0.2) is 97.6 Å². The molecule has 14 atom stereocenters. The van der Waals surface area contributed by atoms with Crippen LogP contribution < -0.4 is 131 Å². The predicted molar refractivity (Wildman–Crippen MR) is 560 cm³/mol. The molecule has 0 aliphatic carbocycles. The Morgan fingerprint density at radius 1 is 0.433 bits per heavy atom. The lowest BCUT2D eigenvalue weighted by molar-refractivity contribution is -0.142. The number of benzene rings is 3. The van der Waals surface area contributed by atoms with Gasteiger partial charge in [-0.25, -0.2) is 4.98 Å². The predicted octanol–water partition coefficient (Wildman–Crippen LogP) is -5.36. The van der Waals surface area contributed by atoms with Crippen LogP contribution in [0.2, 0.25) is 0 Å². The van der Waals surface area contributed by atoms with E-state index < -0.39 is 242 Å². The van der Waals surface area contributed by atoms with Crippen LogP contribution in [-0.4, -0.2) is 323 Å². The largest absolute Gasteiger partial charge is 0.508 e. The van der Waals surface area contributed by atoms with Gasteiger partial charge in [0.1, 0.15) is 90.3 Å². The number of aliphatic carboxylic acids is 1. The van der Waals surface area contributed by atoms with Crippen LogP contribution in [0.4, 0.5) is 0 Å². The summed E-state index contributed by atoms with van der Waals surface area (Å²) in [7, 11) is 0. The summed E-state index contributed by atoms with van der Waals surface area (Å²) >= 11 is 1.25. The van der Waals surface area contributed by atoms with E-state index >= 15 is 14.4 Å². The minimum absolute atomic E-state index is 0.000653. The Morgan fingerprint density at radius 3 is 1.37 bits per heavy atom. The molecule has 37 N–H and O–H groups in total. The number of imidazole rings is 1. The number of carboxylic acid groups (broad SMARTS) is 1. The number of rotatable bonds is 73. The Labute approximate surface area is 875 Å². The van der Waals surface area contributed by atoms with Gasteiger partial charge in [0.15, 0.2) is 5.96 Å². The zero-order valence-electron chi connectivity index (χ0n) is 85.5. The number of aliphatic hydroxyl groups is 1. The number of aromatic amines is 2. The number of aromatic nitrogens is 3. The Bertz CT molecular complexity index is 5160. The fourth-order valence-corrected chi connectivity index (χ4v) is 17.0. The van der Waals surface area contributed by atoms with Crippen LogP contribution in [0.3, 0.4) is 0 Å². The molecular weight excluding hydrogens is 1960 g/mol. The monoisotopic (exact) mass is 2120 g/mol. The zero-order valence-corrected chi connectivity index (χ0v) is 86.3. The van der Waals surface area contributed by atoms with Crippen molar-refractivity contribution in [3.05, 3.63) is 120 Å². The van der Waals surface area contributed by atoms with Gasteiger partial charge < -0.3 is 161 Å². The number of guanidine groups is 1. The molecule has 0 radical (unpaired) electrons. The van der Waals surface area contributed by atoms with Crippen molar-refractivity contribution < 1.29 is 102 Å². The molecule has 0 spiro atoms. The topological polar surface area (TPSA) is 826 Å². The zero-order chi connectivity index (χ0) is 110. The third-order valence-electron chi connectivity index (χ3n) is 24.8. The number of H-pyrrole nitrogens is 2. The Hall–Kier alpha value is -14.0. The number of nitrogens with zero attached hydrogens (tertiary/aromatic N) is 2. The van der Waals surface area contributed by atoms with E-state index in [-0.39, 0.29) is 127 Å². The van der Waals surface area contributed by atoms with E-state index in [1.54, 1.807) is 80.9 Å². The van der Waals surface area contributed by atoms with Crippen molar-refractivity contribution in [2.75, 3.05) is 90.6 Å². The van der Waals surface area contributed by atoms with Crippen molar-refractivity contribution in [3.8, 4) is 5.75 Å². The number of nitrogens with one attached hydrogen (secondary N) is 20. The maximum absolute atomic E-state index is 15.3. The molecule has 17 amide bonds. The van der Waals surface area contributed by atoms with Crippen LogP contribution in [0.1, 0.15) is 177 Å². The standard InChI is InChI=1S/C99H155N29O21S/c1-59(2)84(97(148)113-56-81(132)115-68(26-10-14-40-101)87(138)119-69(27-11-15-41-102)88(139)118-67(25-9-13-39-100)85(136)109-45-18-17-43-104)127-96(147)79-30-20-47-128(79)98(149)73(28-12-16-42-103)116-82(133)55-112-86(137)76(51-62-53-111-66-24-8-7-23-65(62)66)124-89(140)70(29-19-46-110-99(106)107)120-93(144)75(49-60-21-5-4-6-22-60)123-94(145)77(52-63-54-108-58-114-63)125-90(141)71(35-36-83(134)135)121-91(142)72(38-48-150-3)122-95(146)78(57-129)126-92(143)74(117-80(131)37-44-105)50-61-31-33-64(130)34-32-61/h4-8,21-24,31-34,53-54,58-59,67-79,84,111,129-130H,9-20,25-30,35-52,55-57,100-105H2,1-3H3,(H,108,114)(H,109,136)(H,112,137)(H,113,148)(H,115,132)(H,116,133)(H,117,131)(H,118,139)(H,119,138)(H,120,144)(H,121,142)(H,122,146)(H,123,145)(H,124,140)(H,125,141)(H,126,143)(H,127,147)(H,134,135)(H4,106,107,110)/t67-,68-,69-,70-,71-,72-,73-,74-,75-,76-,77-,78-,79-,84-/m0/s1. The molecule has 1 fully saturated rings. The summed E-state index contributed by atoms with van der Waals surface area (Å²) in [6, 6.07) is 0.879. The van der Waals surface area contributed by atoms with Crippen LogP contribution in [0.5, 0.6) is 5.75 Å². The molecule has 3 aromatic carbocycles. The number of likely N-dealkylation sites (tertiary alicyclic amines) is 1. The number of amides is 17. The van der Waals surface area contributed by atoms with Crippen molar-refractivity contribution in [1.29, 1.82) is 5.41 Å². The van der Waals surface area contributed by atoms with E-state index in [0.29, 0.717) is 124 Å². The van der Waals surface area contributed by atoms with Gasteiger partial charge in [0, 0.05) is 88.0 Å². The van der Waals surface area contributed by atoms with Crippen molar-refractivity contribution in [2.24, 2.45) is 46.1 Å². The summed E-state index contributed by atoms with van der Waals surface area (Å²) in [5, 5.41) is 83.9. The van der Waals surface area contributed by atoms with Crippen molar-refractivity contribution in [2.45, 2.75) is 265 Å². The lowest BCUT2D eigenvalue weighted by atomic mass is 10.0. The number of nitrogens with two attached hydrogens (primary N) is 7. The number of hydrogen-bond donors (Lipinski definition) is 30. The average molecular weight is 2120 g/mol. The number of hydrogen-bond acceptors (Lipinski definition) is 29. The first-order valence-corrected chi connectivity index (χ1v) is 52.4. The van der Waals surface area contributed by atoms with E-state index in [1.807, 2.05) is 0 Å². The molecule has 0 unspecified atom stereocenters. The summed E-state index contributed by atoms with van der Waals surface area (Å²) in [5.74, 6) is -16.9. The Kier molecular flexibility index (Phi) is 57.0. The van der Waals surface area contributed by atoms with Crippen LogP contribution in [0.25, 0.3) is 10.9 Å². The lowest BCUT2D eigenvalue weighted by Gasteiger charge is -2.30. The molecule has 2 aromatic heterocycles. The number of phenolic OH excluding ortho intramolecular Hbond substituents is 1. The second-order valence-electron chi connectivity index (χ2n) is 37.0. The fraction of sp³-hybridized carbons (Fsp3) is 0.576. The van der Waals surface area contributed by atoms with Crippen molar-refractivity contribution in [3.63, 3.8) is 0 Å². The molecule has 6 rings (SSSR count). The quantitative estimate of drug-likeness (QED) is 0.00982. The third-order valence-corrected chi connectivity index (χ3v) is 25.4. The Balaban J connectivity index is 1.20. The molecule has 828 valence electrons. The summed E-state index contributed by atoms with van der Waals surface area (Å²) in [4.78, 5) is 268. The molecule has 1 aliphatic heterocycles. The highest BCUT2D eigenvalue weighted by Crippen LogP contribution is 2.24. The molecule has 1 saturated heterocycles. The number of aliphatic hydroxyl groups excluding tert-OH is 1. The van der Waals surface area contributed by atoms with E-state index in [2.05, 4.69) is 105 Å². The molecule has 0 bridgehead atoms. The van der Waals surface area contributed by atoms with Gasteiger partial charge in [0.05, 0.1) is 31.7 Å². The molecule has 1 aliphatic rings. The second kappa shape index (κ2) is 68.6. The number of phenols is 1. The highest BCUT2D eigenvalue weighted by molar-refractivity contribution is 7.98. The molecular formula is C99H155N29O21S. The van der Waals surface area contributed by atoms with E-state index in [9.17, 15) is 87.2 Å². The lowest BCUT2D eigenvalue weighted by Crippen LogP contribution is -2.61. The third kappa shape index (κ3) is 44.8. The first-order valence-electron chi connectivity index (χ1n) is 51.0. The summed E-state index contributed by atoms with van der Waals surface area (Å²) in [6.45, 7) is 2.58. The van der Waals surface area contributed by atoms with Gasteiger partial charge in [-0.3, -0.25) is 91.7 Å².